The minimum atomic E-state index is -0.252. The van der Waals surface area contributed by atoms with Gasteiger partial charge in [0.05, 0.1) is 5.69 Å². The summed E-state index contributed by atoms with van der Waals surface area (Å²) in [6.45, 7) is 6.03. The molecule has 1 heterocycles. The summed E-state index contributed by atoms with van der Waals surface area (Å²) in [5.74, 6) is 0.270. The van der Waals surface area contributed by atoms with Crippen molar-refractivity contribution >= 4 is 0 Å². The van der Waals surface area contributed by atoms with Crippen LogP contribution in [0.5, 0.6) is 5.75 Å². The molecule has 0 atom stereocenters. The molecule has 1 aromatic carbocycles. The van der Waals surface area contributed by atoms with Gasteiger partial charge in [-0.15, -0.1) is 0 Å². The fourth-order valence-corrected chi connectivity index (χ4v) is 1.88. The lowest BCUT2D eigenvalue weighted by atomic mass is 10.2. The Balaban J connectivity index is 1.86. The van der Waals surface area contributed by atoms with Crippen molar-refractivity contribution in [3.8, 4) is 5.75 Å². The largest absolute Gasteiger partial charge is 0.487 e. The topological polar surface area (TPSA) is 34.1 Å². The molecule has 2 aromatic rings. The van der Waals surface area contributed by atoms with Crippen molar-refractivity contribution < 1.29 is 9.13 Å². The molecule has 0 amide bonds. The zero-order chi connectivity index (χ0) is 15.1. The molecule has 0 radical (unpaired) electrons. The number of hydrogen-bond donors (Lipinski definition) is 1. The number of benzene rings is 1. The van der Waals surface area contributed by atoms with E-state index >= 15 is 0 Å². The van der Waals surface area contributed by atoms with Crippen LogP contribution in [0.1, 0.15) is 30.2 Å². The number of halogens is 1. The third-order valence-corrected chi connectivity index (χ3v) is 3.17. The monoisotopic (exact) mass is 288 g/mol. The molecular weight excluding hydrogens is 267 g/mol. The van der Waals surface area contributed by atoms with E-state index in [4.69, 9.17) is 4.74 Å². The maximum absolute atomic E-state index is 13.4. The first-order valence-corrected chi connectivity index (χ1v) is 7.22. The van der Waals surface area contributed by atoms with E-state index in [2.05, 4.69) is 17.2 Å². The van der Waals surface area contributed by atoms with E-state index in [9.17, 15) is 4.39 Å². The summed E-state index contributed by atoms with van der Waals surface area (Å²) in [6, 6.07) is 8.85. The second-order valence-corrected chi connectivity index (χ2v) is 5.03. The van der Waals surface area contributed by atoms with Crippen molar-refractivity contribution in [1.29, 1.82) is 0 Å². The van der Waals surface area contributed by atoms with Gasteiger partial charge in [0.15, 0.2) is 0 Å². The smallest absolute Gasteiger partial charge is 0.130 e. The SMILES string of the molecule is CCCNCc1ccc(COc2ccc(C)c(F)c2)nc1. The lowest BCUT2D eigenvalue weighted by Gasteiger charge is -2.08. The third-order valence-electron chi connectivity index (χ3n) is 3.17. The Labute approximate surface area is 125 Å². The first-order valence-electron chi connectivity index (χ1n) is 7.22. The van der Waals surface area contributed by atoms with Crippen molar-refractivity contribution in [3.63, 3.8) is 0 Å². The number of nitrogens with zero attached hydrogens (tertiary/aromatic N) is 1. The minimum absolute atomic E-state index is 0.252. The Morgan fingerprint density at radius 2 is 2.10 bits per heavy atom. The van der Waals surface area contributed by atoms with Gasteiger partial charge in [0.25, 0.3) is 0 Å². The van der Waals surface area contributed by atoms with Crippen LogP contribution in [0.15, 0.2) is 36.5 Å². The van der Waals surface area contributed by atoms with Gasteiger partial charge in [-0.25, -0.2) is 4.39 Å². The molecule has 112 valence electrons. The van der Waals surface area contributed by atoms with Crippen LogP contribution in [0.2, 0.25) is 0 Å². The second kappa shape index (κ2) is 7.74. The Morgan fingerprint density at radius 3 is 2.76 bits per heavy atom. The van der Waals surface area contributed by atoms with E-state index in [0.29, 0.717) is 17.9 Å². The summed E-state index contributed by atoms with van der Waals surface area (Å²) in [5.41, 5.74) is 2.59. The molecule has 2 rings (SSSR count). The highest BCUT2D eigenvalue weighted by molar-refractivity contribution is 5.28. The summed E-state index contributed by atoms with van der Waals surface area (Å²) < 4.78 is 19.0. The van der Waals surface area contributed by atoms with Gasteiger partial charge in [-0.05, 0) is 43.1 Å². The molecule has 21 heavy (non-hydrogen) atoms. The number of aromatic nitrogens is 1. The summed E-state index contributed by atoms with van der Waals surface area (Å²) in [6.07, 6.45) is 2.96. The number of hydrogen-bond acceptors (Lipinski definition) is 3. The average Bonchev–Trinajstić information content (AvgIpc) is 2.50. The molecule has 0 saturated heterocycles. The van der Waals surface area contributed by atoms with Crippen molar-refractivity contribution in [3.05, 3.63) is 59.2 Å². The lowest BCUT2D eigenvalue weighted by Crippen LogP contribution is -2.14. The Morgan fingerprint density at radius 1 is 1.24 bits per heavy atom. The normalized spacial score (nSPS) is 10.6. The molecule has 0 spiro atoms. The Kier molecular flexibility index (Phi) is 5.69. The van der Waals surface area contributed by atoms with Crippen LogP contribution in [-0.2, 0) is 13.2 Å². The number of rotatable bonds is 7. The number of ether oxygens (including phenoxy) is 1. The van der Waals surface area contributed by atoms with E-state index in [1.54, 1.807) is 19.1 Å². The molecule has 3 nitrogen and oxygen atoms in total. The van der Waals surface area contributed by atoms with Crippen LogP contribution in [-0.4, -0.2) is 11.5 Å². The second-order valence-electron chi connectivity index (χ2n) is 5.03. The van der Waals surface area contributed by atoms with Crippen molar-refractivity contribution in [2.75, 3.05) is 6.54 Å². The summed E-state index contributed by atoms with van der Waals surface area (Å²) in [5, 5.41) is 3.33. The molecule has 0 unspecified atom stereocenters. The van der Waals surface area contributed by atoms with Crippen molar-refractivity contribution in [2.45, 2.75) is 33.4 Å². The molecule has 1 N–H and O–H groups in total. The molecule has 0 aliphatic rings. The van der Waals surface area contributed by atoms with E-state index in [-0.39, 0.29) is 5.82 Å². The van der Waals surface area contributed by atoms with Crippen molar-refractivity contribution in [2.24, 2.45) is 0 Å². The van der Waals surface area contributed by atoms with E-state index in [1.165, 1.54) is 6.07 Å². The van der Waals surface area contributed by atoms with Crippen molar-refractivity contribution in [1.82, 2.24) is 10.3 Å². The zero-order valence-electron chi connectivity index (χ0n) is 12.5. The van der Waals surface area contributed by atoms with E-state index in [1.807, 2.05) is 18.3 Å². The van der Waals surface area contributed by atoms with Gasteiger partial charge in [0.1, 0.15) is 18.2 Å². The number of nitrogens with one attached hydrogen (secondary N) is 1. The van der Waals surface area contributed by atoms with E-state index < -0.39 is 0 Å². The van der Waals surface area contributed by atoms with Gasteiger partial charge >= 0.3 is 0 Å². The summed E-state index contributed by atoms with van der Waals surface area (Å²) >= 11 is 0. The molecule has 0 saturated carbocycles. The maximum Gasteiger partial charge on any atom is 0.130 e. The first-order chi connectivity index (χ1) is 10.2. The molecule has 0 fully saturated rings. The van der Waals surface area contributed by atoms with Crippen LogP contribution >= 0.6 is 0 Å². The standard InChI is InChI=1S/C17H21FN2O/c1-3-8-19-10-14-5-6-15(20-11-14)12-21-16-7-4-13(2)17(18)9-16/h4-7,9,11,19H,3,8,10,12H2,1-2H3. The minimum Gasteiger partial charge on any atom is -0.487 e. The third kappa shape index (κ3) is 4.83. The molecular formula is C17H21FN2O. The fourth-order valence-electron chi connectivity index (χ4n) is 1.88. The van der Waals surface area contributed by atoms with Gasteiger partial charge in [-0.3, -0.25) is 4.98 Å². The zero-order valence-corrected chi connectivity index (χ0v) is 12.5. The quantitative estimate of drug-likeness (QED) is 0.790. The van der Waals surface area contributed by atoms with Crippen LogP contribution in [0.4, 0.5) is 4.39 Å². The molecule has 0 aliphatic heterocycles. The van der Waals surface area contributed by atoms with Crippen LogP contribution < -0.4 is 10.1 Å². The fraction of sp³-hybridized carbons (Fsp3) is 0.353. The predicted octanol–water partition coefficient (Wildman–Crippen LogP) is 3.61. The number of pyridine rings is 1. The first kappa shape index (κ1) is 15.4. The highest BCUT2D eigenvalue weighted by atomic mass is 19.1. The van der Waals surface area contributed by atoms with Crippen LogP contribution in [0.3, 0.4) is 0 Å². The molecule has 4 heteroatoms. The van der Waals surface area contributed by atoms with Gasteiger partial charge in [0, 0.05) is 18.8 Å². The van der Waals surface area contributed by atoms with Gasteiger partial charge in [-0.1, -0.05) is 19.1 Å². The van der Waals surface area contributed by atoms with Gasteiger partial charge < -0.3 is 10.1 Å². The highest BCUT2D eigenvalue weighted by Gasteiger charge is 2.02. The van der Waals surface area contributed by atoms with E-state index in [0.717, 1.165) is 30.8 Å². The van der Waals surface area contributed by atoms with Crippen LogP contribution in [0.25, 0.3) is 0 Å². The molecule has 1 aromatic heterocycles. The van der Waals surface area contributed by atoms with Crippen LogP contribution in [0, 0.1) is 12.7 Å². The summed E-state index contributed by atoms with van der Waals surface area (Å²) in [7, 11) is 0. The lowest BCUT2D eigenvalue weighted by molar-refractivity contribution is 0.299. The Bertz CT molecular complexity index is 570. The predicted molar refractivity (Wildman–Crippen MR) is 81.7 cm³/mol. The maximum atomic E-state index is 13.4. The van der Waals surface area contributed by atoms with Gasteiger partial charge in [0.2, 0.25) is 0 Å². The molecule has 0 bridgehead atoms. The Hall–Kier alpha value is -1.94. The van der Waals surface area contributed by atoms with Gasteiger partial charge in [-0.2, -0.15) is 0 Å². The number of aryl methyl sites for hydroxylation is 1. The highest BCUT2D eigenvalue weighted by Crippen LogP contribution is 2.17. The average molecular weight is 288 g/mol. The molecule has 0 aliphatic carbocycles. The summed E-state index contributed by atoms with van der Waals surface area (Å²) in [4.78, 5) is 4.35.